The fourth-order valence-electron chi connectivity index (χ4n) is 3.81. The summed E-state index contributed by atoms with van der Waals surface area (Å²) in [6, 6.07) is 11.7. The lowest BCUT2D eigenvalue weighted by molar-refractivity contribution is 0.0730. The molecule has 1 aliphatic rings. The predicted octanol–water partition coefficient (Wildman–Crippen LogP) is 3.64. The van der Waals surface area contributed by atoms with E-state index in [0.717, 1.165) is 36.3 Å². The van der Waals surface area contributed by atoms with E-state index in [1.165, 1.54) is 0 Å². The van der Waals surface area contributed by atoms with Gasteiger partial charge in [0.1, 0.15) is 11.3 Å². The van der Waals surface area contributed by atoms with Crippen LogP contribution >= 0.6 is 0 Å². The number of carbonyl (C=O) groups is 1. The van der Waals surface area contributed by atoms with Gasteiger partial charge in [-0.25, -0.2) is 4.98 Å². The summed E-state index contributed by atoms with van der Waals surface area (Å²) in [5.41, 5.74) is 3.38. The molecule has 3 heterocycles. The van der Waals surface area contributed by atoms with Crippen LogP contribution in [0.4, 0.5) is 0 Å². The van der Waals surface area contributed by atoms with E-state index in [2.05, 4.69) is 4.98 Å². The molecule has 1 amide bonds. The molecule has 0 bridgehead atoms. The number of hydrogen-bond acceptors (Lipinski definition) is 4. The first-order valence-electron chi connectivity index (χ1n) is 9.10. The first kappa shape index (κ1) is 17.4. The Morgan fingerprint density at radius 2 is 1.96 bits per heavy atom. The fourth-order valence-corrected chi connectivity index (χ4v) is 3.81. The highest BCUT2D eigenvalue weighted by molar-refractivity contribution is 5.93. The molecule has 1 saturated heterocycles. The minimum Gasteiger partial charge on any atom is -0.493 e. The molecule has 6 heteroatoms. The second-order valence-electron chi connectivity index (χ2n) is 6.79. The molecule has 0 radical (unpaired) electrons. The van der Waals surface area contributed by atoms with Crippen molar-refractivity contribution in [2.45, 2.75) is 25.8 Å². The standard InChI is InChI=1S/C21H23N3O3/c1-14-6-4-8-20-22-16(13-24(14)20)21(25)23-11-5-7-17(23)15-9-10-18(26-2)19(12-15)27-3/h4,6,8-10,12-13,17H,5,7,11H2,1-3H3/t17-/m0/s1. The number of aromatic nitrogens is 2. The molecular formula is C21H23N3O3. The minimum atomic E-state index is -0.0321. The summed E-state index contributed by atoms with van der Waals surface area (Å²) in [6.45, 7) is 2.73. The first-order valence-corrected chi connectivity index (χ1v) is 9.10. The highest BCUT2D eigenvalue weighted by Crippen LogP contribution is 2.37. The molecule has 1 aromatic carbocycles. The van der Waals surface area contributed by atoms with Crippen molar-refractivity contribution in [1.82, 2.24) is 14.3 Å². The quantitative estimate of drug-likeness (QED) is 0.708. The Morgan fingerprint density at radius 1 is 1.15 bits per heavy atom. The topological polar surface area (TPSA) is 56.1 Å². The van der Waals surface area contributed by atoms with Gasteiger partial charge in [-0.1, -0.05) is 12.1 Å². The third kappa shape index (κ3) is 3.01. The molecule has 0 aliphatic carbocycles. The maximum absolute atomic E-state index is 13.2. The third-order valence-corrected chi connectivity index (χ3v) is 5.22. The number of methoxy groups -OCH3 is 2. The van der Waals surface area contributed by atoms with Gasteiger partial charge in [0.05, 0.1) is 20.3 Å². The van der Waals surface area contributed by atoms with E-state index in [4.69, 9.17) is 9.47 Å². The number of ether oxygens (including phenoxy) is 2. The smallest absolute Gasteiger partial charge is 0.274 e. The van der Waals surface area contributed by atoms with Crippen molar-refractivity contribution >= 4 is 11.6 Å². The first-order chi connectivity index (χ1) is 13.1. The number of amides is 1. The second-order valence-corrected chi connectivity index (χ2v) is 6.79. The van der Waals surface area contributed by atoms with E-state index in [-0.39, 0.29) is 11.9 Å². The van der Waals surface area contributed by atoms with Crippen LogP contribution in [0.15, 0.2) is 42.6 Å². The Balaban J connectivity index is 1.66. The minimum absolute atomic E-state index is 0.0169. The third-order valence-electron chi connectivity index (χ3n) is 5.22. The van der Waals surface area contributed by atoms with Crippen LogP contribution in [-0.4, -0.2) is 41.0 Å². The fraction of sp³-hybridized carbons (Fsp3) is 0.333. The number of benzene rings is 1. The zero-order valence-electron chi connectivity index (χ0n) is 15.8. The van der Waals surface area contributed by atoms with Gasteiger partial charge >= 0.3 is 0 Å². The molecule has 0 unspecified atom stereocenters. The lowest BCUT2D eigenvalue weighted by atomic mass is 10.0. The van der Waals surface area contributed by atoms with Crippen LogP contribution in [0.3, 0.4) is 0 Å². The summed E-state index contributed by atoms with van der Waals surface area (Å²) in [5, 5.41) is 0. The summed E-state index contributed by atoms with van der Waals surface area (Å²) in [6.07, 6.45) is 3.72. The van der Waals surface area contributed by atoms with Gasteiger partial charge < -0.3 is 18.8 Å². The maximum Gasteiger partial charge on any atom is 0.274 e. The second kappa shape index (κ2) is 6.95. The van der Waals surface area contributed by atoms with Crippen molar-refractivity contribution in [1.29, 1.82) is 0 Å². The van der Waals surface area contributed by atoms with Crippen molar-refractivity contribution in [3.63, 3.8) is 0 Å². The number of aryl methyl sites for hydroxylation is 1. The Morgan fingerprint density at radius 3 is 2.70 bits per heavy atom. The molecule has 1 fully saturated rings. The van der Waals surface area contributed by atoms with E-state index in [1.54, 1.807) is 14.2 Å². The molecule has 140 valence electrons. The molecule has 0 saturated carbocycles. The van der Waals surface area contributed by atoms with Crippen molar-refractivity contribution < 1.29 is 14.3 Å². The zero-order chi connectivity index (χ0) is 19.0. The van der Waals surface area contributed by atoms with Gasteiger partial charge in [-0.15, -0.1) is 0 Å². The highest BCUT2D eigenvalue weighted by Gasteiger charge is 2.32. The van der Waals surface area contributed by atoms with Gasteiger partial charge in [0.2, 0.25) is 0 Å². The molecule has 6 nitrogen and oxygen atoms in total. The molecule has 0 N–H and O–H groups in total. The lowest BCUT2D eigenvalue weighted by Gasteiger charge is -2.25. The zero-order valence-corrected chi connectivity index (χ0v) is 15.8. The Hall–Kier alpha value is -3.02. The summed E-state index contributed by atoms with van der Waals surface area (Å²) in [7, 11) is 3.24. The molecule has 1 atom stereocenters. The Bertz CT molecular complexity index is 996. The average Bonchev–Trinajstić information content (AvgIpc) is 3.34. The predicted molar refractivity (Wildman–Crippen MR) is 102 cm³/mol. The summed E-state index contributed by atoms with van der Waals surface area (Å²) in [4.78, 5) is 19.6. The number of carbonyl (C=O) groups excluding carboxylic acids is 1. The maximum atomic E-state index is 13.2. The number of pyridine rings is 1. The normalized spacial score (nSPS) is 16.7. The summed E-state index contributed by atoms with van der Waals surface area (Å²) in [5.74, 6) is 1.33. The number of likely N-dealkylation sites (tertiary alicyclic amines) is 1. The number of hydrogen-bond donors (Lipinski definition) is 0. The van der Waals surface area contributed by atoms with Crippen molar-refractivity contribution in [2.75, 3.05) is 20.8 Å². The molecule has 27 heavy (non-hydrogen) atoms. The van der Waals surface area contributed by atoms with E-state index in [0.29, 0.717) is 17.2 Å². The highest BCUT2D eigenvalue weighted by atomic mass is 16.5. The van der Waals surface area contributed by atoms with Crippen LogP contribution in [-0.2, 0) is 0 Å². The van der Waals surface area contributed by atoms with Crippen molar-refractivity contribution in [2.24, 2.45) is 0 Å². The molecule has 0 spiro atoms. The van der Waals surface area contributed by atoms with Gasteiger partial charge in [0.25, 0.3) is 5.91 Å². The van der Waals surface area contributed by atoms with Crippen LogP contribution < -0.4 is 9.47 Å². The summed E-state index contributed by atoms with van der Waals surface area (Å²) >= 11 is 0. The Labute approximate surface area is 158 Å². The SMILES string of the molecule is COc1ccc([C@@H]2CCCN2C(=O)c2cn3c(C)cccc3n2)cc1OC. The van der Waals surface area contributed by atoms with E-state index >= 15 is 0 Å². The van der Waals surface area contributed by atoms with Crippen LogP contribution in [0, 0.1) is 6.92 Å². The van der Waals surface area contributed by atoms with Gasteiger partial charge in [0, 0.05) is 18.4 Å². The number of nitrogens with zero attached hydrogens (tertiary/aromatic N) is 3. The average molecular weight is 365 g/mol. The van der Waals surface area contributed by atoms with Crippen molar-refractivity contribution in [3.05, 3.63) is 59.5 Å². The molecule has 3 aromatic rings. The van der Waals surface area contributed by atoms with Crippen LogP contribution in [0.25, 0.3) is 5.65 Å². The lowest BCUT2D eigenvalue weighted by Crippen LogP contribution is -2.30. The van der Waals surface area contributed by atoms with Gasteiger partial charge in [0.15, 0.2) is 11.5 Å². The molecule has 2 aromatic heterocycles. The Kier molecular flexibility index (Phi) is 4.48. The monoisotopic (exact) mass is 365 g/mol. The molecular weight excluding hydrogens is 342 g/mol. The molecule has 4 rings (SSSR count). The van der Waals surface area contributed by atoms with Crippen molar-refractivity contribution in [3.8, 4) is 11.5 Å². The number of imidazole rings is 1. The van der Waals surface area contributed by atoms with Crippen LogP contribution in [0.2, 0.25) is 0 Å². The van der Waals surface area contributed by atoms with Gasteiger partial charge in [-0.05, 0) is 49.6 Å². The van der Waals surface area contributed by atoms with E-state index in [1.807, 2.05) is 58.8 Å². The molecule has 1 aliphatic heterocycles. The largest absolute Gasteiger partial charge is 0.493 e. The number of rotatable bonds is 4. The van der Waals surface area contributed by atoms with E-state index < -0.39 is 0 Å². The summed E-state index contributed by atoms with van der Waals surface area (Å²) < 4.78 is 12.7. The number of fused-ring (bicyclic) bond motifs is 1. The van der Waals surface area contributed by atoms with Gasteiger partial charge in [-0.2, -0.15) is 0 Å². The van der Waals surface area contributed by atoms with Crippen LogP contribution in [0.1, 0.15) is 40.6 Å². The van der Waals surface area contributed by atoms with Crippen LogP contribution in [0.5, 0.6) is 11.5 Å². The van der Waals surface area contributed by atoms with E-state index in [9.17, 15) is 4.79 Å². The van der Waals surface area contributed by atoms with Gasteiger partial charge in [-0.3, -0.25) is 4.79 Å².